The summed E-state index contributed by atoms with van der Waals surface area (Å²) in [5, 5.41) is 14.8. The van der Waals surface area contributed by atoms with Crippen LogP contribution in [0.4, 0.5) is 0 Å². The maximum Gasteiger partial charge on any atom is 0.303 e. The van der Waals surface area contributed by atoms with Gasteiger partial charge < -0.3 is 15.7 Å². The molecule has 1 aliphatic carbocycles. The summed E-state index contributed by atoms with van der Waals surface area (Å²) in [4.78, 5) is 22.1. The Labute approximate surface area is 115 Å². The lowest BCUT2D eigenvalue weighted by molar-refractivity contribution is -0.137. The molecule has 110 valence electrons. The van der Waals surface area contributed by atoms with E-state index in [9.17, 15) is 9.59 Å². The Morgan fingerprint density at radius 3 is 2.58 bits per heavy atom. The molecule has 0 spiro atoms. The van der Waals surface area contributed by atoms with Gasteiger partial charge >= 0.3 is 5.97 Å². The van der Waals surface area contributed by atoms with Crippen LogP contribution in [0.15, 0.2) is 0 Å². The minimum atomic E-state index is -0.737. The van der Waals surface area contributed by atoms with Crippen molar-refractivity contribution in [3.8, 4) is 0 Å². The van der Waals surface area contributed by atoms with Crippen molar-refractivity contribution in [3.05, 3.63) is 0 Å². The molecule has 1 aliphatic rings. The zero-order chi connectivity index (χ0) is 14.1. The van der Waals surface area contributed by atoms with Gasteiger partial charge in [-0.05, 0) is 31.6 Å². The number of carbonyl (C=O) groups is 2. The number of aliphatic carboxylic acids is 1. The van der Waals surface area contributed by atoms with Crippen LogP contribution in [0.2, 0.25) is 0 Å². The van der Waals surface area contributed by atoms with Crippen molar-refractivity contribution >= 4 is 11.9 Å². The summed E-state index contributed by atoms with van der Waals surface area (Å²) >= 11 is 0. The number of carboxylic acids is 1. The van der Waals surface area contributed by atoms with Gasteiger partial charge in [0.15, 0.2) is 0 Å². The van der Waals surface area contributed by atoms with Crippen LogP contribution >= 0.6 is 0 Å². The van der Waals surface area contributed by atoms with E-state index in [0.29, 0.717) is 31.5 Å². The molecule has 0 aromatic carbocycles. The highest BCUT2D eigenvalue weighted by Crippen LogP contribution is 2.18. The molecular weight excluding hydrogens is 244 g/mol. The summed E-state index contributed by atoms with van der Waals surface area (Å²) in [6.45, 7) is 3.15. The monoisotopic (exact) mass is 270 g/mol. The lowest BCUT2D eigenvalue weighted by atomic mass is 9.94. The van der Waals surface area contributed by atoms with E-state index in [4.69, 9.17) is 5.11 Å². The van der Waals surface area contributed by atoms with Crippen LogP contribution in [0.25, 0.3) is 0 Å². The van der Waals surface area contributed by atoms with E-state index in [0.717, 1.165) is 19.3 Å². The van der Waals surface area contributed by atoms with Gasteiger partial charge in [-0.3, -0.25) is 9.59 Å². The van der Waals surface area contributed by atoms with E-state index < -0.39 is 5.97 Å². The fourth-order valence-corrected chi connectivity index (χ4v) is 2.17. The van der Waals surface area contributed by atoms with Gasteiger partial charge in [0.25, 0.3) is 0 Å². The molecule has 0 saturated heterocycles. The quantitative estimate of drug-likeness (QED) is 0.532. The van der Waals surface area contributed by atoms with Crippen LogP contribution in [0.1, 0.15) is 51.9 Å². The Hall–Kier alpha value is -1.10. The van der Waals surface area contributed by atoms with Crippen LogP contribution in [0.5, 0.6) is 0 Å². The standard InChI is InChI=1S/C14H26N2O3/c1-2-3-11(4-7-14(18)19)8-9-15-13(17)10-16-12-5-6-12/h11-12,16H,2-10H2,1H3,(H,15,17)(H,18,19). The maximum absolute atomic E-state index is 11.5. The largest absolute Gasteiger partial charge is 0.481 e. The highest BCUT2D eigenvalue weighted by atomic mass is 16.4. The van der Waals surface area contributed by atoms with Crippen LogP contribution in [-0.2, 0) is 9.59 Å². The van der Waals surface area contributed by atoms with Gasteiger partial charge in [-0.15, -0.1) is 0 Å². The second kappa shape index (κ2) is 8.91. The minimum absolute atomic E-state index is 0.0420. The van der Waals surface area contributed by atoms with Crippen molar-refractivity contribution in [1.29, 1.82) is 0 Å². The summed E-state index contributed by atoms with van der Waals surface area (Å²) in [6, 6.07) is 0.550. The third-order valence-electron chi connectivity index (χ3n) is 3.47. The lowest BCUT2D eigenvalue weighted by Crippen LogP contribution is -2.35. The van der Waals surface area contributed by atoms with Crippen molar-refractivity contribution in [2.24, 2.45) is 5.92 Å². The average molecular weight is 270 g/mol. The van der Waals surface area contributed by atoms with Crippen LogP contribution in [0, 0.1) is 5.92 Å². The van der Waals surface area contributed by atoms with E-state index in [1.807, 2.05) is 0 Å². The third-order valence-corrected chi connectivity index (χ3v) is 3.47. The van der Waals surface area contributed by atoms with Gasteiger partial charge in [-0.25, -0.2) is 0 Å². The molecule has 1 amide bonds. The van der Waals surface area contributed by atoms with Gasteiger partial charge in [-0.1, -0.05) is 19.8 Å². The van der Waals surface area contributed by atoms with Gasteiger partial charge in [0, 0.05) is 19.0 Å². The number of amides is 1. The second-order valence-electron chi connectivity index (χ2n) is 5.38. The van der Waals surface area contributed by atoms with Crippen molar-refractivity contribution < 1.29 is 14.7 Å². The van der Waals surface area contributed by atoms with Crippen molar-refractivity contribution in [3.63, 3.8) is 0 Å². The first-order chi connectivity index (χ1) is 9.11. The maximum atomic E-state index is 11.5. The van der Waals surface area contributed by atoms with Gasteiger partial charge in [0.1, 0.15) is 0 Å². The van der Waals surface area contributed by atoms with Gasteiger partial charge in [0.2, 0.25) is 5.91 Å². The summed E-state index contributed by atoms with van der Waals surface area (Å²) in [7, 11) is 0. The molecule has 0 bridgehead atoms. The number of hydrogen-bond acceptors (Lipinski definition) is 3. The number of nitrogens with one attached hydrogen (secondary N) is 2. The molecule has 3 N–H and O–H groups in total. The number of rotatable bonds is 11. The number of carboxylic acid groups (broad SMARTS) is 1. The third kappa shape index (κ3) is 8.59. The van der Waals surface area contributed by atoms with E-state index in [1.54, 1.807) is 0 Å². The summed E-state index contributed by atoms with van der Waals surface area (Å²) in [5.74, 6) is -0.294. The summed E-state index contributed by atoms with van der Waals surface area (Å²) < 4.78 is 0. The Balaban J connectivity index is 2.07. The van der Waals surface area contributed by atoms with Crippen molar-refractivity contribution in [2.75, 3.05) is 13.1 Å². The van der Waals surface area contributed by atoms with Crippen LogP contribution < -0.4 is 10.6 Å². The van der Waals surface area contributed by atoms with E-state index in [-0.39, 0.29) is 12.3 Å². The predicted molar refractivity (Wildman–Crippen MR) is 73.9 cm³/mol. The molecule has 0 aliphatic heterocycles. The molecule has 0 aromatic heterocycles. The Morgan fingerprint density at radius 1 is 1.26 bits per heavy atom. The first kappa shape index (κ1) is 16.0. The van der Waals surface area contributed by atoms with Crippen molar-refractivity contribution in [1.82, 2.24) is 10.6 Å². The number of carbonyl (C=O) groups excluding carboxylic acids is 1. The van der Waals surface area contributed by atoms with Crippen LogP contribution in [0.3, 0.4) is 0 Å². The molecule has 5 heteroatoms. The molecule has 0 aromatic rings. The summed E-state index contributed by atoms with van der Waals surface area (Å²) in [5.41, 5.74) is 0. The molecule has 1 atom stereocenters. The normalized spacial score (nSPS) is 16.1. The topological polar surface area (TPSA) is 78.4 Å². The zero-order valence-corrected chi connectivity index (χ0v) is 11.8. The Bertz CT molecular complexity index is 290. The van der Waals surface area contributed by atoms with Crippen molar-refractivity contribution in [2.45, 2.75) is 57.9 Å². The molecular formula is C14H26N2O3. The highest BCUT2D eigenvalue weighted by Gasteiger charge is 2.21. The fourth-order valence-electron chi connectivity index (χ4n) is 2.17. The van der Waals surface area contributed by atoms with E-state index >= 15 is 0 Å². The zero-order valence-electron chi connectivity index (χ0n) is 11.8. The lowest BCUT2D eigenvalue weighted by Gasteiger charge is -2.15. The van der Waals surface area contributed by atoms with E-state index in [2.05, 4.69) is 17.6 Å². The fraction of sp³-hybridized carbons (Fsp3) is 0.857. The molecule has 1 unspecified atom stereocenters. The Kier molecular flexibility index (Phi) is 7.48. The molecule has 19 heavy (non-hydrogen) atoms. The molecule has 1 fully saturated rings. The SMILES string of the molecule is CCCC(CCNC(=O)CNC1CC1)CCC(=O)O. The highest BCUT2D eigenvalue weighted by molar-refractivity contribution is 5.78. The Morgan fingerprint density at radius 2 is 2.00 bits per heavy atom. The van der Waals surface area contributed by atoms with Gasteiger partial charge in [0.05, 0.1) is 6.54 Å². The molecule has 0 heterocycles. The molecule has 5 nitrogen and oxygen atoms in total. The number of hydrogen-bond donors (Lipinski definition) is 3. The van der Waals surface area contributed by atoms with E-state index in [1.165, 1.54) is 12.8 Å². The molecule has 1 rings (SSSR count). The first-order valence-electron chi connectivity index (χ1n) is 7.33. The first-order valence-corrected chi connectivity index (χ1v) is 7.33. The smallest absolute Gasteiger partial charge is 0.303 e. The predicted octanol–water partition coefficient (Wildman–Crippen LogP) is 1.53. The van der Waals surface area contributed by atoms with Gasteiger partial charge in [-0.2, -0.15) is 0 Å². The summed E-state index contributed by atoms with van der Waals surface area (Å²) in [6.07, 6.45) is 6.25. The second-order valence-corrected chi connectivity index (χ2v) is 5.38. The minimum Gasteiger partial charge on any atom is -0.481 e. The molecule has 1 saturated carbocycles. The van der Waals surface area contributed by atoms with Crippen LogP contribution in [-0.4, -0.2) is 36.1 Å². The average Bonchev–Trinajstić information content (AvgIpc) is 3.17. The molecule has 0 radical (unpaired) electrons.